The van der Waals surface area contributed by atoms with E-state index in [4.69, 9.17) is 4.74 Å². The molecule has 2 rings (SSSR count). The highest BCUT2D eigenvalue weighted by molar-refractivity contribution is 5.99. The van der Waals surface area contributed by atoms with E-state index < -0.39 is 11.7 Å². The smallest absolute Gasteiger partial charge is 0.407 e. The summed E-state index contributed by atoms with van der Waals surface area (Å²) < 4.78 is 5.13. The Morgan fingerprint density at radius 1 is 1.17 bits per heavy atom. The third-order valence-electron chi connectivity index (χ3n) is 4.58. The molecule has 29 heavy (non-hydrogen) atoms. The Morgan fingerprint density at radius 3 is 2.48 bits per heavy atom. The van der Waals surface area contributed by atoms with Gasteiger partial charge in [-0.25, -0.2) is 4.79 Å². The van der Waals surface area contributed by atoms with Crippen molar-refractivity contribution in [2.45, 2.75) is 45.3 Å². The van der Waals surface area contributed by atoms with E-state index in [0.717, 1.165) is 12.1 Å². The van der Waals surface area contributed by atoms with Gasteiger partial charge in [0.2, 0.25) is 11.8 Å². The Balaban J connectivity index is 1.66. The number of carbonyl (C=O) groups excluding carboxylic acids is 3. The van der Waals surface area contributed by atoms with Crippen LogP contribution in [-0.2, 0) is 14.3 Å². The molecule has 0 saturated carbocycles. The van der Waals surface area contributed by atoms with Crippen molar-refractivity contribution in [2.24, 2.45) is 0 Å². The minimum absolute atomic E-state index is 0.0701. The number of benzene rings is 1. The molecule has 1 unspecified atom stereocenters. The number of carbonyl (C=O) groups is 3. The van der Waals surface area contributed by atoms with Gasteiger partial charge in [-0.15, -0.1) is 0 Å². The zero-order chi connectivity index (χ0) is 21.4. The zero-order valence-electron chi connectivity index (χ0n) is 17.7. The molecule has 2 N–H and O–H groups in total. The topological polar surface area (TPSA) is 91.0 Å². The monoisotopic (exact) mass is 404 g/mol. The molecule has 3 amide bonds. The molecule has 1 aromatic carbocycles. The number of para-hydroxylation sites is 1. The van der Waals surface area contributed by atoms with Gasteiger partial charge in [0.05, 0.1) is 6.04 Å². The van der Waals surface area contributed by atoms with Gasteiger partial charge in [0.1, 0.15) is 5.60 Å². The minimum atomic E-state index is -0.550. The average Bonchev–Trinajstić information content (AvgIpc) is 3.04. The van der Waals surface area contributed by atoms with Crippen LogP contribution in [0.4, 0.5) is 10.5 Å². The van der Waals surface area contributed by atoms with Gasteiger partial charge in [0, 0.05) is 38.3 Å². The van der Waals surface area contributed by atoms with Crippen molar-refractivity contribution in [2.75, 3.05) is 38.1 Å². The van der Waals surface area contributed by atoms with Crippen molar-refractivity contribution in [3.8, 4) is 0 Å². The number of hydrogen-bond donors (Lipinski definition) is 2. The van der Waals surface area contributed by atoms with Gasteiger partial charge in [-0.2, -0.15) is 0 Å². The van der Waals surface area contributed by atoms with Crippen molar-refractivity contribution in [1.82, 2.24) is 15.5 Å². The molecule has 0 aromatic heterocycles. The largest absolute Gasteiger partial charge is 0.444 e. The fourth-order valence-electron chi connectivity index (χ4n) is 3.14. The lowest BCUT2D eigenvalue weighted by Gasteiger charge is -2.23. The van der Waals surface area contributed by atoms with Crippen LogP contribution < -0.4 is 15.5 Å². The summed E-state index contributed by atoms with van der Waals surface area (Å²) in [7, 11) is 1.87. The third-order valence-corrected chi connectivity index (χ3v) is 4.58. The number of likely N-dealkylation sites (N-methyl/N-ethyl adjacent to an activating group) is 1. The Labute approximate surface area is 172 Å². The van der Waals surface area contributed by atoms with Crippen LogP contribution in [0.25, 0.3) is 0 Å². The number of alkyl carbamates (subject to hydrolysis) is 1. The second kappa shape index (κ2) is 10.2. The highest BCUT2D eigenvalue weighted by Gasteiger charge is 2.35. The highest BCUT2D eigenvalue weighted by Crippen LogP contribution is 2.23. The molecule has 1 fully saturated rings. The molecule has 0 aliphatic carbocycles. The maximum Gasteiger partial charge on any atom is 0.407 e. The first-order chi connectivity index (χ1) is 13.7. The van der Waals surface area contributed by atoms with E-state index in [-0.39, 0.29) is 24.3 Å². The normalized spacial score (nSPS) is 16.8. The van der Waals surface area contributed by atoms with E-state index in [1.54, 1.807) is 25.7 Å². The quantitative estimate of drug-likeness (QED) is 0.644. The van der Waals surface area contributed by atoms with Gasteiger partial charge >= 0.3 is 6.09 Å². The molecule has 8 nitrogen and oxygen atoms in total. The van der Waals surface area contributed by atoms with Gasteiger partial charge in [-0.05, 0) is 46.4 Å². The van der Waals surface area contributed by atoms with Crippen LogP contribution in [0.3, 0.4) is 0 Å². The number of ether oxygens (including phenoxy) is 1. The predicted molar refractivity (Wildman–Crippen MR) is 112 cm³/mol. The molecule has 0 spiro atoms. The molecule has 8 heteroatoms. The number of nitrogens with zero attached hydrogens (tertiary/aromatic N) is 2. The molecule has 160 valence electrons. The lowest BCUT2D eigenvalue weighted by atomic mass is 10.2. The summed E-state index contributed by atoms with van der Waals surface area (Å²) >= 11 is 0. The maximum absolute atomic E-state index is 12.7. The number of amides is 3. The summed E-state index contributed by atoms with van der Waals surface area (Å²) in [5.41, 5.74) is 0.356. The Bertz CT molecular complexity index is 702. The van der Waals surface area contributed by atoms with Crippen LogP contribution >= 0.6 is 0 Å². The molecule has 1 atom stereocenters. The fraction of sp³-hybridized carbons (Fsp3) is 0.571. The van der Waals surface area contributed by atoms with Crippen LogP contribution in [0, 0.1) is 0 Å². The number of hydrogen-bond acceptors (Lipinski definition) is 5. The van der Waals surface area contributed by atoms with E-state index in [0.29, 0.717) is 26.2 Å². The van der Waals surface area contributed by atoms with Crippen molar-refractivity contribution in [1.29, 1.82) is 0 Å². The van der Waals surface area contributed by atoms with Crippen LogP contribution in [0.2, 0.25) is 0 Å². The summed E-state index contributed by atoms with van der Waals surface area (Å²) in [6.07, 6.45) is 0.526. The van der Waals surface area contributed by atoms with Gasteiger partial charge < -0.3 is 20.3 Å². The van der Waals surface area contributed by atoms with Gasteiger partial charge in [-0.1, -0.05) is 18.2 Å². The van der Waals surface area contributed by atoms with Crippen LogP contribution in [0.1, 0.15) is 33.6 Å². The van der Waals surface area contributed by atoms with E-state index in [1.807, 2.05) is 42.3 Å². The average molecular weight is 405 g/mol. The Hall–Kier alpha value is -2.61. The summed E-state index contributed by atoms with van der Waals surface area (Å²) in [5.74, 6) is -0.0473. The fourth-order valence-corrected chi connectivity index (χ4v) is 3.14. The minimum Gasteiger partial charge on any atom is -0.444 e. The van der Waals surface area contributed by atoms with Crippen molar-refractivity contribution in [3.63, 3.8) is 0 Å². The van der Waals surface area contributed by atoms with Crippen molar-refractivity contribution < 1.29 is 19.1 Å². The molecule has 0 bridgehead atoms. The van der Waals surface area contributed by atoms with Gasteiger partial charge in [0.15, 0.2) is 0 Å². The van der Waals surface area contributed by atoms with E-state index >= 15 is 0 Å². The summed E-state index contributed by atoms with van der Waals surface area (Å²) in [4.78, 5) is 40.0. The first kappa shape index (κ1) is 22.7. The van der Waals surface area contributed by atoms with Gasteiger partial charge in [-0.3, -0.25) is 14.5 Å². The Morgan fingerprint density at radius 2 is 1.83 bits per heavy atom. The predicted octanol–water partition coefficient (Wildman–Crippen LogP) is 1.75. The van der Waals surface area contributed by atoms with Crippen LogP contribution in [0.5, 0.6) is 0 Å². The zero-order valence-corrected chi connectivity index (χ0v) is 17.7. The standard InChI is InChI=1S/C21H32N4O4/c1-21(2,3)29-20(28)23-13-12-22-18(26)11-14-24(4)17-10-15-25(19(17)27)16-8-6-5-7-9-16/h5-9,17H,10-15H2,1-4H3,(H,22,26)(H,23,28). The molecule has 0 radical (unpaired) electrons. The number of anilines is 1. The second-order valence-corrected chi connectivity index (χ2v) is 8.14. The summed E-state index contributed by atoms with van der Waals surface area (Å²) in [6.45, 7) is 7.16. The molecule has 1 aliphatic heterocycles. The molecule has 1 saturated heterocycles. The van der Waals surface area contributed by atoms with E-state index in [1.165, 1.54) is 0 Å². The van der Waals surface area contributed by atoms with Gasteiger partial charge in [0.25, 0.3) is 0 Å². The molecule has 1 aromatic rings. The maximum atomic E-state index is 12.7. The Kier molecular flexibility index (Phi) is 8.01. The third kappa shape index (κ3) is 7.38. The molecular weight excluding hydrogens is 372 g/mol. The summed E-state index contributed by atoms with van der Waals surface area (Å²) in [6, 6.07) is 9.41. The molecule has 1 aliphatic rings. The molecular formula is C21H32N4O4. The van der Waals surface area contributed by atoms with E-state index in [2.05, 4.69) is 10.6 Å². The molecule has 1 heterocycles. The summed E-state index contributed by atoms with van der Waals surface area (Å²) in [5, 5.41) is 5.36. The first-order valence-electron chi connectivity index (χ1n) is 9.97. The lowest BCUT2D eigenvalue weighted by Crippen LogP contribution is -2.42. The highest BCUT2D eigenvalue weighted by atomic mass is 16.6. The number of nitrogens with one attached hydrogen (secondary N) is 2. The second-order valence-electron chi connectivity index (χ2n) is 8.14. The lowest BCUT2D eigenvalue weighted by molar-refractivity contribution is -0.124. The number of rotatable bonds is 8. The van der Waals surface area contributed by atoms with Crippen molar-refractivity contribution in [3.05, 3.63) is 30.3 Å². The van der Waals surface area contributed by atoms with Crippen LogP contribution in [0.15, 0.2) is 30.3 Å². The first-order valence-corrected chi connectivity index (χ1v) is 9.97. The van der Waals surface area contributed by atoms with Crippen molar-refractivity contribution >= 4 is 23.6 Å². The SMILES string of the molecule is CN(CCC(=O)NCCNC(=O)OC(C)(C)C)C1CCN(c2ccccc2)C1=O. The van der Waals surface area contributed by atoms with Crippen LogP contribution in [-0.4, -0.2) is 67.7 Å². The van der Waals surface area contributed by atoms with E-state index in [9.17, 15) is 14.4 Å².